The topological polar surface area (TPSA) is 102 Å². The molecular formula is C20H24BrClN4O4S. The molecule has 0 aliphatic carbocycles. The molecule has 0 radical (unpaired) electrons. The van der Waals surface area contributed by atoms with E-state index >= 15 is 0 Å². The molecule has 1 heterocycles. The molecule has 2 aromatic carbocycles. The van der Waals surface area contributed by atoms with Gasteiger partial charge in [-0.15, -0.1) is 0 Å². The van der Waals surface area contributed by atoms with E-state index in [4.69, 9.17) is 11.6 Å². The highest BCUT2D eigenvalue weighted by Crippen LogP contribution is 2.39. The number of sulfonamides is 1. The quantitative estimate of drug-likeness (QED) is 0.476. The van der Waals surface area contributed by atoms with E-state index in [2.05, 4.69) is 31.5 Å². The van der Waals surface area contributed by atoms with E-state index in [-0.39, 0.29) is 16.9 Å². The van der Waals surface area contributed by atoms with Crippen molar-refractivity contribution in [3.8, 4) is 5.75 Å². The predicted octanol–water partition coefficient (Wildman–Crippen LogP) is 4.51. The van der Waals surface area contributed by atoms with E-state index in [1.165, 1.54) is 23.5 Å². The molecule has 1 fully saturated rings. The van der Waals surface area contributed by atoms with Crippen molar-refractivity contribution in [3.63, 3.8) is 0 Å². The molecule has 2 aromatic rings. The smallest absolute Gasteiger partial charge is 0.323 e. The largest absolute Gasteiger partial charge is 0.504 e. The van der Waals surface area contributed by atoms with Crippen molar-refractivity contribution in [2.75, 3.05) is 30.8 Å². The summed E-state index contributed by atoms with van der Waals surface area (Å²) < 4.78 is 28.5. The number of urea groups is 1. The number of halogens is 2. The van der Waals surface area contributed by atoms with E-state index in [0.717, 1.165) is 13.0 Å². The summed E-state index contributed by atoms with van der Waals surface area (Å²) in [5.74, 6) is -0.609. The standard InChI is InChI=1S/C20H24BrClN4O4S/c1-3-26-12-6-9-17(26)25(2)31(29,30)19-14(22)10-11-16(18(19)27)24-20(28)23-15-8-5-4-7-13(15)21/h4-5,7-8,10-11,17,27H,3,6,9,12H2,1-2H3,(H2,23,24,28). The van der Waals surface area contributed by atoms with Gasteiger partial charge in [0.2, 0.25) is 10.0 Å². The first-order valence-electron chi connectivity index (χ1n) is 9.73. The summed E-state index contributed by atoms with van der Waals surface area (Å²) in [7, 11) is -2.64. The third-order valence-corrected chi connectivity index (χ3v) is 8.30. The van der Waals surface area contributed by atoms with E-state index in [1.807, 2.05) is 6.92 Å². The number of phenols is 1. The zero-order chi connectivity index (χ0) is 22.8. The van der Waals surface area contributed by atoms with Crippen LogP contribution in [0.1, 0.15) is 19.8 Å². The Morgan fingerprint density at radius 3 is 2.61 bits per heavy atom. The molecule has 1 aliphatic heterocycles. The summed E-state index contributed by atoms with van der Waals surface area (Å²) in [6.07, 6.45) is 1.25. The average Bonchev–Trinajstić information content (AvgIpc) is 3.20. The monoisotopic (exact) mass is 530 g/mol. The number of hydrogen-bond donors (Lipinski definition) is 3. The van der Waals surface area contributed by atoms with Crippen molar-refractivity contribution in [2.45, 2.75) is 30.8 Å². The second kappa shape index (κ2) is 9.74. The summed E-state index contributed by atoms with van der Waals surface area (Å²) in [6, 6.07) is 9.05. The number of benzene rings is 2. The SMILES string of the molecule is CCN1CCCC1N(C)S(=O)(=O)c1c(Cl)ccc(NC(=O)Nc2ccccc2Br)c1O. The fourth-order valence-electron chi connectivity index (χ4n) is 3.62. The summed E-state index contributed by atoms with van der Waals surface area (Å²) >= 11 is 9.51. The first kappa shape index (κ1) is 23.8. The molecule has 0 saturated carbocycles. The maximum absolute atomic E-state index is 13.3. The van der Waals surface area contributed by atoms with Crippen LogP contribution in [-0.4, -0.2) is 55.1 Å². The van der Waals surface area contributed by atoms with Gasteiger partial charge in [0, 0.05) is 11.5 Å². The van der Waals surface area contributed by atoms with Crippen molar-refractivity contribution in [3.05, 3.63) is 45.9 Å². The Labute approximate surface area is 195 Å². The van der Waals surface area contributed by atoms with Crippen molar-refractivity contribution < 1.29 is 18.3 Å². The maximum atomic E-state index is 13.3. The van der Waals surface area contributed by atoms with Crippen LogP contribution in [0.4, 0.5) is 16.2 Å². The number of amides is 2. The van der Waals surface area contributed by atoms with Crippen LogP contribution in [0.3, 0.4) is 0 Å². The lowest BCUT2D eigenvalue weighted by molar-refractivity contribution is 0.168. The van der Waals surface area contributed by atoms with Gasteiger partial charge in [-0.3, -0.25) is 4.90 Å². The van der Waals surface area contributed by atoms with Gasteiger partial charge in [-0.1, -0.05) is 30.7 Å². The van der Waals surface area contributed by atoms with Crippen LogP contribution < -0.4 is 10.6 Å². The molecule has 11 heteroatoms. The van der Waals surface area contributed by atoms with Crippen LogP contribution in [0.15, 0.2) is 45.8 Å². The maximum Gasteiger partial charge on any atom is 0.323 e. The summed E-state index contributed by atoms with van der Waals surface area (Å²) in [5, 5.41) is 15.7. The molecule has 3 rings (SSSR count). The molecule has 1 unspecified atom stereocenters. The molecule has 8 nitrogen and oxygen atoms in total. The zero-order valence-electron chi connectivity index (χ0n) is 17.1. The molecule has 2 amide bonds. The molecule has 1 saturated heterocycles. The third-order valence-electron chi connectivity index (χ3n) is 5.25. The first-order chi connectivity index (χ1) is 14.7. The highest BCUT2D eigenvalue weighted by atomic mass is 79.9. The van der Waals surface area contributed by atoms with Gasteiger partial charge in [-0.2, -0.15) is 4.31 Å². The van der Waals surface area contributed by atoms with Crippen LogP contribution >= 0.6 is 27.5 Å². The minimum Gasteiger partial charge on any atom is -0.504 e. The number of likely N-dealkylation sites (tertiary alicyclic amines) is 1. The lowest BCUT2D eigenvalue weighted by Crippen LogP contribution is -2.45. The highest BCUT2D eigenvalue weighted by Gasteiger charge is 2.37. The second-order valence-corrected chi connectivity index (χ2v) is 10.3. The number of carbonyl (C=O) groups excluding carboxylic acids is 1. The van der Waals surface area contributed by atoms with Crippen molar-refractivity contribution in [1.29, 1.82) is 0 Å². The first-order valence-corrected chi connectivity index (χ1v) is 12.3. The second-order valence-electron chi connectivity index (χ2n) is 7.10. The van der Waals surface area contributed by atoms with Gasteiger partial charge < -0.3 is 15.7 Å². The molecule has 31 heavy (non-hydrogen) atoms. The van der Waals surface area contributed by atoms with Gasteiger partial charge in [0.05, 0.1) is 22.6 Å². The van der Waals surface area contributed by atoms with Gasteiger partial charge in [0.1, 0.15) is 4.90 Å². The van der Waals surface area contributed by atoms with Crippen LogP contribution in [0.2, 0.25) is 5.02 Å². The van der Waals surface area contributed by atoms with E-state index in [1.54, 1.807) is 24.3 Å². The Morgan fingerprint density at radius 1 is 1.26 bits per heavy atom. The van der Waals surface area contributed by atoms with Gasteiger partial charge in [0.25, 0.3) is 0 Å². The van der Waals surface area contributed by atoms with Crippen LogP contribution in [0.25, 0.3) is 0 Å². The van der Waals surface area contributed by atoms with Gasteiger partial charge in [0.15, 0.2) is 5.75 Å². The molecule has 1 aliphatic rings. The van der Waals surface area contributed by atoms with Crippen molar-refractivity contribution in [1.82, 2.24) is 9.21 Å². The summed E-state index contributed by atoms with van der Waals surface area (Å²) in [5.41, 5.74) is 0.446. The van der Waals surface area contributed by atoms with Crippen molar-refractivity contribution >= 4 is 55.0 Å². The lowest BCUT2D eigenvalue weighted by atomic mass is 10.3. The third kappa shape index (κ3) is 4.98. The van der Waals surface area contributed by atoms with Gasteiger partial charge >= 0.3 is 6.03 Å². The Balaban J connectivity index is 1.88. The zero-order valence-corrected chi connectivity index (χ0v) is 20.3. The Kier molecular flexibility index (Phi) is 7.48. The van der Waals surface area contributed by atoms with Crippen LogP contribution in [0, 0.1) is 0 Å². The van der Waals surface area contributed by atoms with E-state index in [9.17, 15) is 18.3 Å². The Bertz CT molecular complexity index is 1080. The molecule has 3 N–H and O–H groups in total. The fraction of sp³-hybridized carbons (Fsp3) is 0.350. The minimum absolute atomic E-state index is 0.0697. The molecule has 0 bridgehead atoms. The molecule has 0 spiro atoms. The fourth-order valence-corrected chi connectivity index (χ4v) is 5.97. The molecule has 168 valence electrons. The number of nitrogens with one attached hydrogen (secondary N) is 2. The summed E-state index contributed by atoms with van der Waals surface area (Å²) in [4.78, 5) is 14.0. The number of rotatable bonds is 6. The normalized spacial score (nSPS) is 17.1. The molecule has 1 atom stereocenters. The van der Waals surface area contributed by atoms with Crippen molar-refractivity contribution in [2.24, 2.45) is 0 Å². The van der Waals surface area contributed by atoms with Gasteiger partial charge in [-0.05, 0) is 66.1 Å². The number of aromatic hydroxyl groups is 1. The number of para-hydroxylation sites is 1. The number of nitrogens with zero attached hydrogens (tertiary/aromatic N) is 2. The van der Waals surface area contributed by atoms with Gasteiger partial charge in [-0.25, -0.2) is 13.2 Å². The van der Waals surface area contributed by atoms with E-state index < -0.39 is 26.7 Å². The Morgan fingerprint density at radius 2 is 1.94 bits per heavy atom. The van der Waals surface area contributed by atoms with Crippen LogP contribution in [0.5, 0.6) is 5.75 Å². The highest BCUT2D eigenvalue weighted by molar-refractivity contribution is 9.10. The number of anilines is 2. The number of carbonyl (C=O) groups is 1. The average molecular weight is 532 g/mol. The lowest BCUT2D eigenvalue weighted by Gasteiger charge is -2.31. The summed E-state index contributed by atoms with van der Waals surface area (Å²) in [6.45, 7) is 3.48. The number of hydrogen-bond acceptors (Lipinski definition) is 5. The van der Waals surface area contributed by atoms with E-state index in [0.29, 0.717) is 23.1 Å². The predicted molar refractivity (Wildman–Crippen MR) is 125 cm³/mol. The molecular weight excluding hydrogens is 508 g/mol. The minimum atomic E-state index is -4.12. The number of phenolic OH excluding ortho intramolecular Hbond substituents is 1. The molecule has 0 aromatic heterocycles. The van der Waals surface area contributed by atoms with Crippen LogP contribution in [-0.2, 0) is 10.0 Å². The Hall–Kier alpha value is -1.85.